The highest BCUT2D eigenvalue weighted by atomic mass is 35.5. The fraction of sp³-hybridized carbons (Fsp3) is 0.438. The lowest BCUT2D eigenvalue weighted by Gasteiger charge is -2.36. The molecule has 3 rings (SSSR count). The summed E-state index contributed by atoms with van der Waals surface area (Å²) in [5, 5.41) is 5.35. The number of halogens is 2. The van der Waals surface area contributed by atoms with E-state index in [4.69, 9.17) is 11.6 Å². The van der Waals surface area contributed by atoms with E-state index < -0.39 is 0 Å². The molecule has 1 unspecified atom stereocenters. The third kappa shape index (κ3) is 4.58. The number of hydrogen-bond acceptors (Lipinski definition) is 5. The SMILES string of the molecule is CN(C)c1ncc(CN2CCNCC2c2cccc(Cl)c2)s1.Cl. The van der Waals surface area contributed by atoms with Crippen molar-refractivity contribution >= 4 is 40.5 Å². The molecule has 1 atom stereocenters. The zero-order chi connectivity index (χ0) is 15.5. The molecule has 2 aromatic rings. The van der Waals surface area contributed by atoms with Crippen LogP contribution < -0.4 is 10.2 Å². The maximum Gasteiger partial charge on any atom is 0.185 e. The van der Waals surface area contributed by atoms with Gasteiger partial charge < -0.3 is 10.2 Å². The van der Waals surface area contributed by atoms with Gasteiger partial charge in [-0.05, 0) is 17.7 Å². The number of hydrogen-bond donors (Lipinski definition) is 1. The molecule has 23 heavy (non-hydrogen) atoms. The van der Waals surface area contributed by atoms with Gasteiger partial charge in [0.25, 0.3) is 0 Å². The van der Waals surface area contributed by atoms with Gasteiger partial charge in [-0.2, -0.15) is 0 Å². The summed E-state index contributed by atoms with van der Waals surface area (Å²) in [7, 11) is 4.06. The average Bonchev–Trinajstić information content (AvgIpc) is 2.97. The fourth-order valence-corrected chi connectivity index (χ4v) is 3.81. The number of thiazole rings is 1. The maximum absolute atomic E-state index is 6.16. The number of benzene rings is 1. The zero-order valence-corrected chi connectivity index (χ0v) is 15.7. The predicted octanol–water partition coefficient (Wildman–Crippen LogP) is 3.43. The van der Waals surface area contributed by atoms with E-state index in [-0.39, 0.29) is 12.4 Å². The van der Waals surface area contributed by atoms with Gasteiger partial charge in [0.2, 0.25) is 0 Å². The van der Waals surface area contributed by atoms with Crippen molar-refractivity contribution in [3.05, 3.63) is 45.9 Å². The number of anilines is 1. The minimum atomic E-state index is 0. The van der Waals surface area contributed by atoms with Crippen molar-refractivity contribution in [3.8, 4) is 0 Å². The Balaban J connectivity index is 0.00000192. The molecule has 0 aliphatic carbocycles. The van der Waals surface area contributed by atoms with Gasteiger partial charge in [0.1, 0.15) is 0 Å². The van der Waals surface area contributed by atoms with Gasteiger partial charge in [-0.1, -0.05) is 23.7 Å². The monoisotopic (exact) mass is 372 g/mol. The summed E-state index contributed by atoms with van der Waals surface area (Å²) in [6.07, 6.45) is 2.00. The molecule has 1 N–H and O–H groups in total. The van der Waals surface area contributed by atoms with Crippen molar-refractivity contribution < 1.29 is 0 Å². The summed E-state index contributed by atoms with van der Waals surface area (Å²) in [4.78, 5) is 10.3. The molecule has 1 aromatic heterocycles. The summed E-state index contributed by atoms with van der Waals surface area (Å²) in [6.45, 7) is 3.95. The smallest absolute Gasteiger partial charge is 0.185 e. The van der Waals surface area contributed by atoms with E-state index in [1.54, 1.807) is 11.3 Å². The van der Waals surface area contributed by atoms with E-state index in [9.17, 15) is 0 Å². The molecular weight excluding hydrogens is 351 g/mol. The number of nitrogens with one attached hydrogen (secondary N) is 1. The highest BCUT2D eigenvalue weighted by Crippen LogP contribution is 2.28. The van der Waals surface area contributed by atoms with Crippen LogP contribution in [-0.2, 0) is 6.54 Å². The van der Waals surface area contributed by atoms with Crippen LogP contribution in [0.5, 0.6) is 0 Å². The highest BCUT2D eigenvalue weighted by molar-refractivity contribution is 7.15. The van der Waals surface area contributed by atoms with Crippen LogP contribution in [0, 0.1) is 0 Å². The van der Waals surface area contributed by atoms with Crippen molar-refractivity contribution in [3.63, 3.8) is 0 Å². The van der Waals surface area contributed by atoms with E-state index in [0.29, 0.717) is 6.04 Å². The van der Waals surface area contributed by atoms with Crippen LogP contribution in [-0.4, -0.2) is 43.6 Å². The summed E-state index contributed by atoms with van der Waals surface area (Å²) in [5.41, 5.74) is 1.28. The van der Waals surface area contributed by atoms with Crippen LogP contribution >= 0.6 is 35.3 Å². The van der Waals surface area contributed by atoms with Crippen molar-refractivity contribution in [2.75, 3.05) is 38.6 Å². The molecule has 0 radical (unpaired) electrons. The van der Waals surface area contributed by atoms with E-state index in [1.807, 2.05) is 32.4 Å². The Labute approximate surface area is 152 Å². The zero-order valence-electron chi connectivity index (χ0n) is 13.3. The molecule has 1 fully saturated rings. The molecule has 126 valence electrons. The van der Waals surface area contributed by atoms with Crippen LogP contribution in [0.15, 0.2) is 30.5 Å². The molecular formula is C16H22Cl2N4S. The second kappa shape index (κ2) is 8.31. The molecule has 1 aliphatic heterocycles. The summed E-state index contributed by atoms with van der Waals surface area (Å²) in [6, 6.07) is 8.55. The lowest BCUT2D eigenvalue weighted by molar-refractivity contribution is 0.155. The van der Waals surface area contributed by atoms with Crippen molar-refractivity contribution in [2.45, 2.75) is 12.6 Å². The summed E-state index contributed by atoms with van der Waals surface area (Å²) >= 11 is 7.92. The van der Waals surface area contributed by atoms with Crippen LogP contribution in [0.2, 0.25) is 5.02 Å². The van der Waals surface area contributed by atoms with Crippen molar-refractivity contribution in [2.24, 2.45) is 0 Å². The normalized spacial score (nSPS) is 18.5. The number of aromatic nitrogens is 1. The Kier molecular flexibility index (Phi) is 6.68. The maximum atomic E-state index is 6.16. The standard InChI is InChI=1S/C16H21ClN4S.ClH/c1-20(2)16-19-9-14(22-16)11-21-7-6-18-10-15(21)12-4-3-5-13(17)8-12;/h3-5,8-9,15,18H,6-7,10-11H2,1-2H3;1H. The Morgan fingerprint density at radius 2 is 2.26 bits per heavy atom. The van der Waals surface area contributed by atoms with E-state index in [1.165, 1.54) is 10.4 Å². The van der Waals surface area contributed by atoms with E-state index in [2.05, 4.69) is 32.2 Å². The molecule has 7 heteroatoms. The molecule has 0 bridgehead atoms. The summed E-state index contributed by atoms with van der Waals surface area (Å²) in [5.74, 6) is 0. The molecule has 1 aromatic carbocycles. The third-order valence-corrected chi connectivity index (χ3v) is 5.26. The fourth-order valence-electron chi connectivity index (χ4n) is 2.76. The first-order valence-corrected chi connectivity index (χ1v) is 8.65. The Morgan fingerprint density at radius 3 is 2.96 bits per heavy atom. The molecule has 0 spiro atoms. The average molecular weight is 373 g/mol. The number of piperazine rings is 1. The van der Waals surface area contributed by atoms with Crippen LogP contribution in [0.25, 0.3) is 0 Å². The molecule has 0 amide bonds. The lowest BCUT2D eigenvalue weighted by atomic mass is 10.0. The molecule has 0 saturated carbocycles. The van der Waals surface area contributed by atoms with Crippen LogP contribution in [0.1, 0.15) is 16.5 Å². The number of rotatable bonds is 4. The first kappa shape index (κ1) is 18.5. The largest absolute Gasteiger partial charge is 0.354 e. The first-order chi connectivity index (χ1) is 10.6. The second-order valence-corrected chi connectivity index (χ2v) is 7.28. The van der Waals surface area contributed by atoms with Crippen molar-refractivity contribution in [1.29, 1.82) is 0 Å². The van der Waals surface area contributed by atoms with Gasteiger partial charge in [-0.3, -0.25) is 4.90 Å². The molecule has 1 saturated heterocycles. The lowest BCUT2D eigenvalue weighted by Crippen LogP contribution is -2.45. The Hall–Kier alpha value is -0.850. The molecule has 1 aliphatic rings. The van der Waals surface area contributed by atoms with Gasteiger partial charge >= 0.3 is 0 Å². The Morgan fingerprint density at radius 1 is 1.43 bits per heavy atom. The van der Waals surface area contributed by atoms with Gasteiger partial charge in [-0.25, -0.2) is 4.98 Å². The number of nitrogens with zero attached hydrogens (tertiary/aromatic N) is 3. The van der Waals surface area contributed by atoms with Gasteiger partial charge in [0.15, 0.2) is 5.13 Å². The van der Waals surface area contributed by atoms with E-state index in [0.717, 1.165) is 36.3 Å². The minimum Gasteiger partial charge on any atom is -0.354 e. The quantitative estimate of drug-likeness (QED) is 0.890. The first-order valence-electron chi connectivity index (χ1n) is 7.46. The van der Waals surface area contributed by atoms with E-state index >= 15 is 0 Å². The molecule has 2 heterocycles. The minimum absolute atomic E-state index is 0. The van der Waals surface area contributed by atoms with Crippen molar-refractivity contribution in [1.82, 2.24) is 15.2 Å². The third-order valence-electron chi connectivity index (χ3n) is 3.87. The van der Waals surface area contributed by atoms with Crippen LogP contribution in [0.3, 0.4) is 0 Å². The highest BCUT2D eigenvalue weighted by Gasteiger charge is 2.24. The second-order valence-electron chi connectivity index (χ2n) is 5.75. The van der Waals surface area contributed by atoms with Gasteiger partial charge in [0, 0.05) is 62.4 Å². The molecule has 4 nitrogen and oxygen atoms in total. The summed E-state index contributed by atoms with van der Waals surface area (Å²) < 4.78 is 0. The van der Waals surface area contributed by atoms with Gasteiger partial charge in [0.05, 0.1) is 0 Å². The Bertz CT molecular complexity index is 632. The topological polar surface area (TPSA) is 31.4 Å². The predicted molar refractivity (Wildman–Crippen MR) is 101 cm³/mol. The van der Waals surface area contributed by atoms with Gasteiger partial charge in [-0.15, -0.1) is 23.7 Å². The van der Waals surface area contributed by atoms with Crippen LogP contribution in [0.4, 0.5) is 5.13 Å².